The van der Waals surface area contributed by atoms with E-state index < -0.39 is 0 Å². The Morgan fingerprint density at radius 2 is 1.74 bits per heavy atom. The maximum Gasteiger partial charge on any atom is 0.0967 e. The highest BCUT2D eigenvalue weighted by atomic mass is 15.3. The van der Waals surface area contributed by atoms with Crippen molar-refractivity contribution in [2.45, 2.75) is 76.2 Å². The van der Waals surface area contributed by atoms with Crippen molar-refractivity contribution in [2.24, 2.45) is 0 Å². The van der Waals surface area contributed by atoms with Crippen LogP contribution in [0.15, 0.2) is 12.3 Å². The highest BCUT2D eigenvalue weighted by molar-refractivity contribution is 5.64. The second-order valence-electron chi connectivity index (χ2n) is 8.58. The van der Waals surface area contributed by atoms with E-state index in [9.17, 15) is 0 Å². The molecule has 4 heteroatoms. The Balaban J connectivity index is 1.63. The fourth-order valence-corrected chi connectivity index (χ4v) is 4.54. The molecular formula is C19H24N4. The molecule has 0 radical (unpaired) electrons. The zero-order valence-electron chi connectivity index (χ0n) is 14.2. The highest BCUT2D eigenvalue weighted by Crippen LogP contribution is 2.53. The van der Waals surface area contributed by atoms with Crippen LogP contribution in [0.3, 0.4) is 0 Å². The van der Waals surface area contributed by atoms with Crippen molar-refractivity contribution in [1.29, 1.82) is 0 Å². The molecule has 2 bridgehead atoms. The van der Waals surface area contributed by atoms with Gasteiger partial charge in [-0.15, -0.1) is 0 Å². The smallest absolute Gasteiger partial charge is 0.0967 e. The van der Waals surface area contributed by atoms with Gasteiger partial charge in [-0.25, -0.2) is 0 Å². The first-order valence-corrected chi connectivity index (χ1v) is 8.98. The van der Waals surface area contributed by atoms with Gasteiger partial charge in [0.05, 0.1) is 28.8 Å². The molecule has 4 nitrogen and oxygen atoms in total. The Morgan fingerprint density at radius 3 is 2.48 bits per heavy atom. The summed E-state index contributed by atoms with van der Waals surface area (Å²) in [7, 11) is 0. The van der Waals surface area contributed by atoms with E-state index in [4.69, 9.17) is 5.10 Å². The SMILES string of the molecule is CC(C)(C)n1ncc(-c2cc3c(nn2)C2CCC3C2)c1C1CC1. The molecule has 0 aromatic carbocycles. The molecule has 2 atom stereocenters. The molecule has 0 aliphatic heterocycles. The van der Waals surface area contributed by atoms with Gasteiger partial charge in [0.15, 0.2) is 0 Å². The molecule has 2 fully saturated rings. The van der Waals surface area contributed by atoms with Gasteiger partial charge in [-0.2, -0.15) is 15.3 Å². The zero-order valence-corrected chi connectivity index (χ0v) is 14.2. The quantitative estimate of drug-likeness (QED) is 0.829. The van der Waals surface area contributed by atoms with E-state index in [1.807, 2.05) is 6.20 Å². The Morgan fingerprint density at radius 1 is 1.00 bits per heavy atom. The van der Waals surface area contributed by atoms with E-state index in [1.54, 1.807) is 0 Å². The molecule has 3 aliphatic carbocycles. The van der Waals surface area contributed by atoms with Gasteiger partial charge in [-0.1, -0.05) is 0 Å². The first-order chi connectivity index (χ1) is 11.0. The summed E-state index contributed by atoms with van der Waals surface area (Å²) < 4.78 is 2.21. The molecule has 2 aromatic heterocycles. The molecule has 5 rings (SSSR count). The Hall–Kier alpha value is -1.71. The second-order valence-corrected chi connectivity index (χ2v) is 8.58. The fourth-order valence-electron chi connectivity index (χ4n) is 4.54. The van der Waals surface area contributed by atoms with Gasteiger partial charge in [0.1, 0.15) is 0 Å². The van der Waals surface area contributed by atoms with Crippen LogP contribution in [0.25, 0.3) is 11.3 Å². The third kappa shape index (κ3) is 2.00. The first kappa shape index (κ1) is 13.7. The monoisotopic (exact) mass is 308 g/mol. The van der Waals surface area contributed by atoms with Crippen molar-refractivity contribution in [2.75, 3.05) is 0 Å². The van der Waals surface area contributed by atoms with Crippen molar-refractivity contribution < 1.29 is 0 Å². The second kappa shape index (κ2) is 4.43. The highest BCUT2D eigenvalue weighted by Gasteiger charge is 2.39. The summed E-state index contributed by atoms with van der Waals surface area (Å²) in [6.45, 7) is 6.68. The van der Waals surface area contributed by atoms with Crippen LogP contribution in [0.1, 0.15) is 87.6 Å². The summed E-state index contributed by atoms with van der Waals surface area (Å²) in [6.07, 6.45) is 8.50. The number of fused-ring (bicyclic) bond motifs is 5. The number of rotatable bonds is 2. The van der Waals surface area contributed by atoms with Gasteiger partial charge in [0, 0.05) is 17.4 Å². The minimum atomic E-state index is 0.0133. The minimum Gasteiger partial charge on any atom is -0.263 e. The standard InChI is InChI=1S/C19H24N4/c1-19(2,3)23-18(11-4-5-11)15(10-20-23)16-9-14-12-6-7-13(8-12)17(14)22-21-16/h9-13H,4-8H2,1-3H3. The summed E-state index contributed by atoms with van der Waals surface area (Å²) in [4.78, 5) is 0. The molecule has 120 valence electrons. The summed E-state index contributed by atoms with van der Waals surface area (Å²) in [5.74, 6) is 2.06. The van der Waals surface area contributed by atoms with Gasteiger partial charge in [0.2, 0.25) is 0 Å². The van der Waals surface area contributed by atoms with Crippen molar-refractivity contribution in [3.05, 3.63) is 29.2 Å². The lowest BCUT2D eigenvalue weighted by molar-refractivity contribution is 0.343. The molecular weight excluding hydrogens is 284 g/mol. The van der Waals surface area contributed by atoms with Crippen LogP contribution >= 0.6 is 0 Å². The van der Waals surface area contributed by atoms with Gasteiger partial charge < -0.3 is 0 Å². The molecule has 2 aromatic rings. The number of hydrogen-bond donors (Lipinski definition) is 0. The normalized spacial score (nSPS) is 25.9. The van der Waals surface area contributed by atoms with E-state index in [-0.39, 0.29) is 5.54 Å². The molecule has 0 saturated heterocycles. The van der Waals surface area contributed by atoms with E-state index in [1.165, 1.54) is 54.6 Å². The molecule has 0 spiro atoms. The van der Waals surface area contributed by atoms with Crippen LogP contribution in [0.4, 0.5) is 0 Å². The van der Waals surface area contributed by atoms with E-state index in [0.29, 0.717) is 11.8 Å². The Kier molecular flexibility index (Phi) is 2.64. The van der Waals surface area contributed by atoms with Crippen molar-refractivity contribution >= 4 is 0 Å². The third-order valence-electron chi connectivity index (χ3n) is 5.79. The van der Waals surface area contributed by atoms with E-state index in [0.717, 1.165) is 11.6 Å². The van der Waals surface area contributed by atoms with Crippen LogP contribution in [-0.2, 0) is 5.54 Å². The molecule has 23 heavy (non-hydrogen) atoms. The Bertz CT molecular complexity index is 779. The topological polar surface area (TPSA) is 43.6 Å². The van der Waals surface area contributed by atoms with Crippen LogP contribution in [0, 0.1) is 0 Å². The predicted octanol–water partition coefficient (Wildman–Crippen LogP) is 4.34. The summed E-state index contributed by atoms with van der Waals surface area (Å²) in [5.41, 5.74) is 6.38. The third-order valence-corrected chi connectivity index (χ3v) is 5.79. The maximum atomic E-state index is 4.72. The lowest BCUT2D eigenvalue weighted by atomic mass is 9.95. The molecule has 2 heterocycles. The minimum absolute atomic E-state index is 0.0133. The van der Waals surface area contributed by atoms with Gasteiger partial charge in [-0.3, -0.25) is 4.68 Å². The van der Waals surface area contributed by atoms with Gasteiger partial charge in [-0.05, 0) is 70.4 Å². The Labute approximate surface area is 137 Å². The molecule has 3 aliphatic rings. The summed E-state index contributed by atoms with van der Waals surface area (Å²) >= 11 is 0. The summed E-state index contributed by atoms with van der Waals surface area (Å²) in [5, 5.41) is 13.9. The predicted molar refractivity (Wildman–Crippen MR) is 89.6 cm³/mol. The van der Waals surface area contributed by atoms with E-state index >= 15 is 0 Å². The average molecular weight is 308 g/mol. The average Bonchev–Trinajstić information content (AvgIpc) is 2.99. The number of nitrogens with zero attached hydrogens (tertiary/aromatic N) is 4. The first-order valence-electron chi connectivity index (χ1n) is 8.98. The van der Waals surface area contributed by atoms with Crippen LogP contribution in [0.2, 0.25) is 0 Å². The van der Waals surface area contributed by atoms with Crippen LogP contribution in [0.5, 0.6) is 0 Å². The zero-order chi connectivity index (χ0) is 15.8. The fraction of sp³-hybridized carbons (Fsp3) is 0.632. The molecule has 0 amide bonds. The largest absolute Gasteiger partial charge is 0.263 e. The molecule has 0 N–H and O–H groups in total. The van der Waals surface area contributed by atoms with E-state index in [2.05, 4.69) is 41.7 Å². The van der Waals surface area contributed by atoms with Crippen LogP contribution < -0.4 is 0 Å². The molecule has 2 unspecified atom stereocenters. The van der Waals surface area contributed by atoms with Crippen LogP contribution in [-0.4, -0.2) is 20.0 Å². The maximum absolute atomic E-state index is 4.72. The lowest BCUT2D eigenvalue weighted by Crippen LogP contribution is -2.25. The van der Waals surface area contributed by atoms with Crippen molar-refractivity contribution in [1.82, 2.24) is 20.0 Å². The van der Waals surface area contributed by atoms with Gasteiger partial charge >= 0.3 is 0 Å². The lowest BCUT2D eigenvalue weighted by Gasteiger charge is -2.23. The van der Waals surface area contributed by atoms with Gasteiger partial charge in [0.25, 0.3) is 0 Å². The number of hydrogen-bond acceptors (Lipinski definition) is 3. The summed E-state index contributed by atoms with van der Waals surface area (Å²) in [6, 6.07) is 2.32. The van der Waals surface area contributed by atoms with Crippen molar-refractivity contribution in [3.8, 4) is 11.3 Å². The number of aromatic nitrogens is 4. The molecule has 2 saturated carbocycles. The van der Waals surface area contributed by atoms with Crippen molar-refractivity contribution in [3.63, 3.8) is 0 Å².